The quantitative estimate of drug-likeness (QED) is 0.269. The van der Waals surface area contributed by atoms with Gasteiger partial charge in [0.05, 0.1) is 0 Å². The molecule has 0 unspecified atom stereocenters. The van der Waals surface area contributed by atoms with Crippen molar-refractivity contribution in [1.82, 2.24) is 0 Å². The minimum atomic E-state index is -0.364. The van der Waals surface area contributed by atoms with Crippen molar-refractivity contribution >= 4 is 71.1 Å². The van der Waals surface area contributed by atoms with Crippen LogP contribution in [0.15, 0.2) is 0 Å². The molecule has 0 fully saturated rings. The van der Waals surface area contributed by atoms with E-state index < -0.39 is 0 Å². The standard InChI is InChI=1S/C14H26O3.2Na.2H/c1-3-5-7-8-10-12-14(16)17-13(15)11-9-6-4-2;;;;/h3-12H2,1-2H3;;;;. The molecule has 0 N–H and O–H groups in total. The molecule has 0 saturated carbocycles. The molecule has 0 heterocycles. The molecule has 3 nitrogen and oxygen atoms in total. The summed E-state index contributed by atoms with van der Waals surface area (Å²) in [6, 6.07) is 0. The maximum absolute atomic E-state index is 11.3. The van der Waals surface area contributed by atoms with E-state index in [1.165, 1.54) is 12.8 Å². The average Bonchev–Trinajstić information content (AvgIpc) is 2.29. The van der Waals surface area contributed by atoms with Crippen molar-refractivity contribution < 1.29 is 14.3 Å². The van der Waals surface area contributed by atoms with Gasteiger partial charge in [-0.3, -0.25) is 9.59 Å². The van der Waals surface area contributed by atoms with Gasteiger partial charge in [0.15, 0.2) is 0 Å². The second kappa shape index (κ2) is 19.1. The molecule has 0 amide bonds. The zero-order valence-electron chi connectivity index (χ0n) is 11.3. The number of esters is 2. The molecule has 0 atom stereocenters. The van der Waals surface area contributed by atoms with Gasteiger partial charge in [0.2, 0.25) is 0 Å². The zero-order valence-corrected chi connectivity index (χ0v) is 11.3. The van der Waals surface area contributed by atoms with E-state index in [0.717, 1.165) is 38.5 Å². The predicted octanol–water partition coefficient (Wildman–Crippen LogP) is 2.70. The third-order valence-electron chi connectivity index (χ3n) is 2.70. The van der Waals surface area contributed by atoms with Crippen molar-refractivity contribution in [3.63, 3.8) is 0 Å². The van der Waals surface area contributed by atoms with Gasteiger partial charge in [-0.1, -0.05) is 52.4 Å². The summed E-state index contributed by atoms with van der Waals surface area (Å²) in [7, 11) is 0. The molecule has 0 radical (unpaired) electrons. The van der Waals surface area contributed by atoms with E-state index in [4.69, 9.17) is 4.74 Å². The molecule has 0 aliphatic carbocycles. The van der Waals surface area contributed by atoms with Crippen molar-refractivity contribution in [2.75, 3.05) is 0 Å². The van der Waals surface area contributed by atoms with Gasteiger partial charge in [0.25, 0.3) is 0 Å². The first-order valence-corrected chi connectivity index (χ1v) is 6.94. The number of rotatable bonds is 10. The van der Waals surface area contributed by atoms with Crippen LogP contribution in [0, 0.1) is 0 Å². The van der Waals surface area contributed by atoms with Crippen molar-refractivity contribution in [3.05, 3.63) is 0 Å². The molecule has 0 saturated heterocycles. The van der Waals surface area contributed by atoms with Gasteiger partial charge in [0.1, 0.15) is 0 Å². The molecule has 0 aliphatic heterocycles. The fraction of sp³-hybridized carbons (Fsp3) is 0.857. The Kier molecular flexibility index (Phi) is 25.3. The first-order chi connectivity index (χ1) is 8.20. The van der Waals surface area contributed by atoms with Crippen molar-refractivity contribution in [3.8, 4) is 0 Å². The topological polar surface area (TPSA) is 43.4 Å². The summed E-state index contributed by atoms with van der Waals surface area (Å²) in [4.78, 5) is 22.5. The van der Waals surface area contributed by atoms with Crippen LogP contribution in [0.3, 0.4) is 0 Å². The fourth-order valence-electron chi connectivity index (χ4n) is 1.62. The van der Waals surface area contributed by atoms with Crippen LogP contribution in [0.5, 0.6) is 0 Å². The van der Waals surface area contributed by atoms with E-state index in [-0.39, 0.29) is 71.1 Å². The van der Waals surface area contributed by atoms with E-state index in [9.17, 15) is 9.59 Å². The molecule has 0 rings (SSSR count). The van der Waals surface area contributed by atoms with Crippen LogP contribution in [0.1, 0.15) is 78.1 Å². The Labute approximate surface area is 162 Å². The molecule has 0 aliphatic rings. The molecule has 0 aromatic carbocycles. The number of hydrogen-bond acceptors (Lipinski definition) is 3. The maximum atomic E-state index is 11.3. The van der Waals surface area contributed by atoms with Crippen LogP contribution in [0.4, 0.5) is 0 Å². The van der Waals surface area contributed by atoms with Gasteiger partial charge in [-0.2, -0.15) is 0 Å². The van der Waals surface area contributed by atoms with Gasteiger partial charge in [-0.05, 0) is 12.8 Å². The number of hydrogen-bond donors (Lipinski definition) is 0. The Bertz CT molecular complexity index is 221. The molecule has 19 heavy (non-hydrogen) atoms. The second-order valence-corrected chi connectivity index (χ2v) is 4.47. The second-order valence-electron chi connectivity index (χ2n) is 4.47. The molecule has 0 spiro atoms. The number of ether oxygens (including phenoxy) is 1. The normalized spacial score (nSPS) is 9.16. The van der Waals surface area contributed by atoms with Crippen molar-refractivity contribution in [2.24, 2.45) is 0 Å². The Morgan fingerprint density at radius 3 is 1.53 bits per heavy atom. The van der Waals surface area contributed by atoms with E-state index in [2.05, 4.69) is 13.8 Å². The average molecular weight is 290 g/mol. The molecule has 0 aromatic heterocycles. The first-order valence-electron chi connectivity index (χ1n) is 6.94. The summed E-state index contributed by atoms with van der Waals surface area (Å²) < 4.78 is 4.73. The van der Waals surface area contributed by atoms with Gasteiger partial charge in [0, 0.05) is 12.8 Å². The van der Waals surface area contributed by atoms with Crippen LogP contribution in [-0.2, 0) is 14.3 Å². The van der Waals surface area contributed by atoms with Crippen molar-refractivity contribution in [2.45, 2.75) is 78.1 Å². The van der Waals surface area contributed by atoms with E-state index >= 15 is 0 Å². The van der Waals surface area contributed by atoms with E-state index in [0.29, 0.717) is 12.8 Å². The molecule has 104 valence electrons. The van der Waals surface area contributed by atoms with E-state index in [1.807, 2.05) is 0 Å². The third-order valence-corrected chi connectivity index (χ3v) is 2.70. The van der Waals surface area contributed by atoms with Crippen LogP contribution < -0.4 is 0 Å². The summed E-state index contributed by atoms with van der Waals surface area (Å²) >= 11 is 0. The third kappa shape index (κ3) is 19.1. The summed E-state index contributed by atoms with van der Waals surface area (Å²) in [6.45, 7) is 4.23. The van der Waals surface area contributed by atoms with Crippen LogP contribution in [0.25, 0.3) is 0 Å². The molecular weight excluding hydrogens is 262 g/mol. The predicted molar refractivity (Wildman–Crippen MR) is 82.9 cm³/mol. The number of carbonyl (C=O) groups excluding carboxylic acids is 2. The Hall–Kier alpha value is 1.14. The molecule has 5 heteroatoms. The van der Waals surface area contributed by atoms with Crippen LogP contribution >= 0.6 is 0 Å². The van der Waals surface area contributed by atoms with Gasteiger partial charge in [-0.15, -0.1) is 0 Å². The van der Waals surface area contributed by atoms with Gasteiger partial charge >= 0.3 is 71.1 Å². The summed E-state index contributed by atoms with van der Waals surface area (Å²) in [5, 5.41) is 0. The first kappa shape index (κ1) is 25.1. The molecular formula is C14H28Na2O3. The summed E-state index contributed by atoms with van der Waals surface area (Å²) in [5.41, 5.74) is 0. The minimum absolute atomic E-state index is 0. The molecule has 0 bridgehead atoms. The van der Waals surface area contributed by atoms with Crippen LogP contribution in [0.2, 0.25) is 0 Å². The SMILES string of the molecule is CCCCCCCC(=O)OC(=O)CCCCC.[NaH].[NaH]. The Morgan fingerprint density at radius 1 is 0.684 bits per heavy atom. The Morgan fingerprint density at radius 2 is 1.05 bits per heavy atom. The fourth-order valence-corrected chi connectivity index (χ4v) is 1.62. The summed E-state index contributed by atoms with van der Waals surface area (Å²) in [5.74, 6) is -0.722. The molecule has 0 aromatic rings. The zero-order chi connectivity index (χ0) is 12.9. The van der Waals surface area contributed by atoms with E-state index in [1.54, 1.807) is 0 Å². The number of unbranched alkanes of at least 4 members (excludes halogenated alkanes) is 6. The Balaban J connectivity index is -0.00000128. The summed E-state index contributed by atoms with van der Waals surface area (Å²) in [6.07, 6.45) is 9.10. The van der Waals surface area contributed by atoms with Crippen LogP contribution in [-0.4, -0.2) is 71.1 Å². The monoisotopic (exact) mass is 290 g/mol. The number of carbonyl (C=O) groups is 2. The van der Waals surface area contributed by atoms with Gasteiger partial charge in [-0.25, -0.2) is 0 Å². The van der Waals surface area contributed by atoms with Crippen molar-refractivity contribution in [1.29, 1.82) is 0 Å². The van der Waals surface area contributed by atoms with Gasteiger partial charge < -0.3 is 4.74 Å².